The Morgan fingerprint density at radius 3 is 2.48 bits per heavy atom. The number of nitrogens with zero attached hydrogens (tertiary/aromatic N) is 2. The molecule has 0 aliphatic heterocycles. The summed E-state index contributed by atoms with van der Waals surface area (Å²) in [6.07, 6.45) is 1.86. The fourth-order valence-electron chi connectivity index (χ4n) is 3.87. The molecule has 1 amide bonds. The van der Waals surface area contributed by atoms with Crippen LogP contribution in [-0.2, 0) is 4.79 Å². The van der Waals surface area contributed by atoms with E-state index in [-0.39, 0.29) is 5.91 Å². The second-order valence-corrected chi connectivity index (χ2v) is 8.95. The fourth-order valence-corrected chi connectivity index (χ4v) is 4.75. The molecule has 2 heterocycles. The van der Waals surface area contributed by atoms with Crippen molar-refractivity contribution in [3.8, 4) is 11.5 Å². The average molecular weight is 455 g/mol. The van der Waals surface area contributed by atoms with Gasteiger partial charge in [-0.1, -0.05) is 54.6 Å². The zero-order valence-electron chi connectivity index (χ0n) is 18.2. The Balaban J connectivity index is 1.43. The van der Waals surface area contributed by atoms with Crippen LogP contribution in [0.25, 0.3) is 22.4 Å². The highest BCUT2D eigenvalue weighted by Gasteiger charge is 2.25. The van der Waals surface area contributed by atoms with E-state index in [1.54, 1.807) is 0 Å². The van der Waals surface area contributed by atoms with Gasteiger partial charge in [-0.15, -0.1) is 10.2 Å². The van der Waals surface area contributed by atoms with E-state index in [1.807, 2.05) is 86.8 Å². The number of amides is 1. The van der Waals surface area contributed by atoms with Gasteiger partial charge in [0.05, 0.1) is 5.56 Å². The van der Waals surface area contributed by atoms with E-state index in [0.29, 0.717) is 11.1 Å². The van der Waals surface area contributed by atoms with Crippen molar-refractivity contribution in [2.45, 2.75) is 24.3 Å². The van der Waals surface area contributed by atoms with Crippen LogP contribution in [0.5, 0.6) is 0 Å². The number of hydrogen-bond donors (Lipinski definition) is 2. The monoisotopic (exact) mass is 454 g/mol. The number of rotatable bonds is 6. The number of aryl methyl sites for hydroxylation is 2. The molecule has 0 bridgehead atoms. The molecule has 0 fully saturated rings. The number of benzene rings is 3. The van der Waals surface area contributed by atoms with Crippen molar-refractivity contribution in [2.24, 2.45) is 0 Å². The third-order valence-electron chi connectivity index (χ3n) is 5.27. The average Bonchev–Trinajstić information content (AvgIpc) is 3.44. The second kappa shape index (κ2) is 8.96. The first kappa shape index (κ1) is 21.0. The Bertz CT molecular complexity index is 1400. The molecule has 2 N–H and O–H groups in total. The normalized spacial score (nSPS) is 12.1. The standard InChI is InChI=1S/C26H22N4O2S/c1-16-12-17(2)14-19(13-16)28-24(31)23(18-8-4-3-5-9-18)33-26-30-29-25(32-26)21-15-27-22-11-7-6-10-20(21)22/h3-15,23,27H,1-2H3,(H,28,31). The summed E-state index contributed by atoms with van der Waals surface area (Å²) in [5, 5.41) is 12.3. The summed E-state index contributed by atoms with van der Waals surface area (Å²) >= 11 is 1.24. The molecule has 164 valence electrons. The van der Waals surface area contributed by atoms with Crippen molar-refractivity contribution < 1.29 is 9.21 Å². The van der Waals surface area contributed by atoms with Crippen LogP contribution in [-0.4, -0.2) is 21.1 Å². The molecule has 3 aromatic carbocycles. The highest BCUT2D eigenvalue weighted by molar-refractivity contribution is 8.00. The molecular formula is C26H22N4O2S. The van der Waals surface area contributed by atoms with Crippen molar-refractivity contribution in [1.82, 2.24) is 15.2 Å². The molecular weight excluding hydrogens is 432 g/mol. The van der Waals surface area contributed by atoms with Gasteiger partial charge in [0.15, 0.2) is 0 Å². The fraction of sp³-hybridized carbons (Fsp3) is 0.115. The summed E-state index contributed by atoms with van der Waals surface area (Å²) in [4.78, 5) is 16.5. The topological polar surface area (TPSA) is 83.8 Å². The van der Waals surface area contributed by atoms with Gasteiger partial charge in [0.1, 0.15) is 5.25 Å². The molecule has 5 aromatic rings. The molecule has 0 saturated carbocycles. The van der Waals surface area contributed by atoms with Gasteiger partial charge in [-0.3, -0.25) is 4.79 Å². The number of carbonyl (C=O) groups excluding carboxylic acids is 1. The van der Waals surface area contributed by atoms with E-state index in [4.69, 9.17) is 4.42 Å². The van der Waals surface area contributed by atoms with E-state index in [1.165, 1.54) is 11.8 Å². The predicted octanol–water partition coefficient (Wildman–Crippen LogP) is 6.31. The van der Waals surface area contributed by atoms with Crippen molar-refractivity contribution >= 4 is 34.3 Å². The molecule has 1 atom stereocenters. The zero-order chi connectivity index (χ0) is 22.8. The van der Waals surface area contributed by atoms with Gasteiger partial charge >= 0.3 is 0 Å². The number of carbonyl (C=O) groups is 1. The number of aromatic amines is 1. The third kappa shape index (κ3) is 4.54. The molecule has 33 heavy (non-hydrogen) atoms. The van der Waals surface area contributed by atoms with Crippen LogP contribution in [0.2, 0.25) is 0 Å². The highest BCUT2D eigenvalue weighted by Crippen LogP contribution is 2.37. The quantitative estimate of drug-likeness (QED) is 0.294. The maximum atomic E-state index is 13.3. The Kier molecular flexibility index (Phi) is 5.71. The van der Waals surface area contributed by atoms with Crippen molar-refractivity contribution in [2.75, 3.05) is 5.32 Å². The van der Waals surface area contributed by atoms with E-state index in [0.717, 1.165) is 38.8 Å². The Labute approximate surface area is 195 Å². The molecule has 5 rings (SSSR count). The Morgan fingerprint density at radius 2 is 1.70 bits per heavy atom. The smallest absolute Gasteiger partial charge is 0.277 e. The van der Waals surface area contributed by atoms with E-state index in [2.05, 4.69) is 26.6 Å². The maximum Gasteiger partial charge on any atom is 0.277 e. The lowest BCUT2D eigenvalue weighted by Gasteiger charge is -2.16. The number of thioether (sulfide) groups is 1. The van der Waals surface area contributed by atoms with Gasteiger partial charge in [-0.2, -0.15) is 0 Å². The first-order valence-electron chi connectivity index (χ1n) is 10.6. The molecule has 0 radical (unpaired) electrons. The minimum atomic E-state index is -0.553. The number of para-hydroxylation sites is 1. The first-order chi connectivity index (χ1) is 16.1. The van der Waals surface area contributed by atoms with Crippen LogP contribution in [0.4, 0.5) is 5.69 Å². The SMILES string of the molecule is Cc1cc(C)cc(NC(=O)C(Sc2nnc(-c3c[nH]c4ccccc34)o2)c2ccccc2)c1. The molecule has 7 heteroatoms. The van der Waals surface area contributed by atoms with Gasteiger partial charge in [0.2, 0.25) is 5.91 Å². The summed E-state index contributed by atoms with van der Waals surface area (Å²) in [6, 6.07) is 23.5. The zero-order valence-corrected chi connectivity index (χ0v) is 19.0. The van der Waals surface area contributed by atoms with E-state index >= 15 is 0 Å². The maximum absolute atomic E-state index is 13.3. The largest absolute Gasteiger partial charge is 0.411 e. The van der Waals surface area contributed by atoms with Crippen molar-refractivity contribution in [3.63, 3.8) is 0 Å². The summed E-state index contributed by atoms with van der Waals surface area (Å²) in [5.41, 5.74) is 5.64. The Morgan fingerprint density at radius 1 is 0.970 bits per heavy atom. The number of hydrogen-bond acceptors (Lipinski definition) is 5. The first-order valence-corrected chi connectivity index (χ1v) is 11.5. The molecule has 2 aromatic heterocycles. The second-order valence-electron chi connectivity index (χ2n) is 7.90. The minimum Gasteiger partial charge on any atom is -0.411 e. The Hall–Kier alpha value is -3.84. The summed E-state index contributed by atoms with van der Waals surface area (Å²) in [5.74, 6) is 0.263. The van der Waals surface area contributed by atoms with E-state index < -0.39 is 5.25 Å². The van der Waals surface area contributed by atoms with Crippen LogP contribution >= 0.6 is 11.8 Å². The highest BCUT2D eigenvalue weighted by atomic mass is 32.2. The molecule has 6 nitrogen and oxygen atoms in total. The van der Waals surface area contributed by atoms with Crippen molar-refractivity contribution in [1.29, 1.82) is 0 Å². The molecule has 0 aliphatic carbocycles. The van der Waals surface area contributed by atoms with Gasteiger partial charge < -0.3 is 14.7 Å². The molecule has 0 aliphatic rings. The van der Waals surface area contributed by atoms with Gasteiger partial charge in [-0.05, 0) is 60.5 Å². The van der Waals surface area contributed by atoms with Gasteiger partial charge in [0.25, 0.3) is 11.1 Å². The van der Waals surface area contributed by atoms with Crippen LogP contribution in [0, 0.1) is 13.8 Å². The summed E-state index contributed by atoms with van der Waals surface area (Å²) < 4.78 is 5.97. The van der Waals surface area contributed by atoms with Crippen LogP contribution < -0.4 is 5.32 Å². The van der Waals surface area contributed by atoms with Gasteiger partial charge in [-0.25, -0.2) is 0 Å². The van der Waals surface area contributed by atoms with Crippen molar-refractivity contribution in [3.05, 3.63) is 95.7 Å². The number of H-pyrrole nitrogens is 1. The lowest BCUT2D eigenvalue weighted by Crippen LogP contribution is -2.19. The van der Waals surface area contributed by atoms with Crippen LogP contribution in [0.15, 0.2) is 88.6 Å². The molecule has 1 unspecified atom stereocenters. The molecule has 0 spiro atoms. The predicted molar refractivity (Wildman–Crippen MR) is 131 cm³/mol. The lowest BCUT2D eigenvalue weighted by molar-refractivity contribution is -0.115. The third-order valence-corrected chi connectivity index (χ3v) is 6.36. The van der Waals surface area contributed by atoms with Gasteiger partial charge in [0, 0.05) is 22.8 Å². The van der Waals surface area contributed by atoms with E-state index in [9.17, 15) is 4.79 Å². The number of fused-ring (bicyclic) bond motifs is 1. The summed E-state index contributed by atoms with van der Waals surface area (Å²) in [7, 11) is 0. The summed E-state index contributed by atoms with van der Waals surface area (Å²) in [6.45, 7) is 4.02. The van der Waals surface area contributed by atoms with Crippen LogP contribution in [0.1, 0.15) is 21.9 Å². The minimum absolute atomic E-state index is 0.150. The number of aromatic nitrogens is 3. The lowest BCUT2D eigenvalue weighted by atomic mass is 10.1. The van der Waals surface area contributed by atoms with Crippen LogP contribution in [0.3, 0.4) is 0 Å². The number of nitrogens with one attached hydrogen (secondary N) is 2. The molecule has 0 saturated heterocycles. The number of anilines is 1.